The maximum absolute atomic E-state index is 13.2. The highest BCUT2D eigenvalue weighted by Gasteiger charge is 2.05. The largest absolute Gasteiger partial charge is 0.308 e. The molecule has 2 rings (SSSR count). The Kier molecular flexibility index (Phi) is 4.15. The maximum Gasteiger partial charge on any atom is 0.142 e. The second kappa shape index (κ2) is 5.63. The summed E-state index contributed by atoms with van der Waals surface area (Å²) in [6.45, 7) is 3.44. The molecule has 0 atom stereocenters. The second-order valence-electron chi connectivity index (χ2n) is 3.83. The van der Waals surface area contributed by atoms with Crippen molar-refractivity contribution in [1.29, 1.82) is 0 Å². The lowest BCUT2D eigenvalue weighted by Gasteiger charge is -2.06. The van der Waals surface area contributed by atoms with E-state index in [1.807, 2.05) is 6.07 Å². The Morgan fingerprint density at radius 1 is 1.24 bits per heavy atom. The smallest absolute Gasteiger partial charge is 0.142 e. The summed E-state index contributed by atoms with van der Waals surface area (Å²) in [5.41, 5.74) is 0.792. The van der Waals surface area contributed by atoms with Crippen LogP contribution in [0.15, 0.2) is 30.3 Å². The van der Waals surface area contributed by atoms with Crippen molar-refractivity contribution in [1.82, 2.24) is 5.32 Å². The number of benzene rings is 1. The summed E-state index contributed by atoms with van der Waals surface area (Å²) in [6.07, 6.45) is 0. The molecule has 0 bridgehead atoms. The van der Waals surface area contributed by atoms with Crippen molar-refractivity contribution in [3.05, 3.63) is 56.5 Å². The highest BCUT2D eigenvalue weighted by molar-refractivity contribution is 7.11. The zero-order chi connectivity index (χ0) is 12.3. The van der Waals surface area contributed by atoms with E-state index < -0.39 is 0 Å². The van der Waals surface area contributed by atoms with E-state index in [-0.39, 0.29) is 10.8 Å². The highest BCUT2D eigenvalue weighted by atomic mass is 35.5. The van der Waals surface area contributed by atoms with Gasteiger partial charge in [-0.05, 0) is 30.7 Å². The van der Waals surface area contributed by atoms with Gasteiger partial charge in [-0.3, -0.25) is 0 Å². The summed E-state index contributed by atoms with van der Waals surface area (Å²) in [4.78, 5) is 2.57. The number of nitrogens with one attached hydrogen (secondary N) is 1. The van der Waals surface area contributed by atoms with Gasteiger partial charge in [0.05, 0.1) is 5.02 Å². The van der Waals surface area contributed by atoms with Gasteiger partial charge in [-0.25, -0.2) is 4.39 Å². The molecule has 0 aliphatic rings. The molecule has 1 nitrogen and oxygen atoms in total. The van der Waals surface area contributed by atoms with Crippen molar-refractivity contribution >= 4 is 22.9 Å². The first-order valence-corrected chi connectivity index (χ1v) is 6.55. The van der Waals surface area contributed by atoms with E-state index in [1.54, 1.807) is 17.4 Å². The number of thiophene rings is 1. The first-order chi connectivity index (χ1) is 8.16. The molecule has 0 aliphatic heterocycles. The van der Waals surface area contributed by atoms with Crippen LogP contribution in [0, 0.1) is 12.7 Å². The molecule has 17 heavy (non-hydrogen) atoms. The first-order valence-electron chi connectivity index (χ1n) is 5.36. The van der Waals surface area contributed by atoms with Gasteiger partial charge in [0.1, 0.15) is 5.82 Å². The number of hydrogen-bond donors (Lipinski definition) is 1. The third-order valence-corrected chi connectivity index (χ3v) is 3.87. The average Bonchev–Trinajstić information content (AvgIpc) is 2.70. The van der Waals surface area contributed by atoms with Crippen molar-refractivity contribution in [3.8, 4) is 0 Å². The summed E-state index contributed by atoms with van der Waals surface area (Å²) in [7, 11) is 0. The lowest BCUT2D eigenvalue weighted by Crippen LogP contribution is -2.12. The highest BCUT2D eigenvalue weighted by Crippen LogP contribution is 2.20. The van der Waals surface area contributed by atoms with Gasteiger partial charge in [0.15, 0.2) is 0 Å². The molecule has 0 fully saturated rings. The molecule has 2 aromatic rings. The first kappa shape index (κ1) is 12.6. The standard InChI is InChI=1S/C13H13ClFNS/c1-9-5-6-11(17-9)8-16-7-10-3-2-4-12(15)13(10)14/h2-6,16H,7-8H2,1H3. The fraction of sp³-hybridized carbons (Fsp3) is 0.231. The molecule has 0 spiro atoms. The monoisotopic (exact) mass is 269 g/mol. The molecule has 90 valence electrons. The topological polar surface area (TPSA) is 12.0 Å². The number of rotatable bonds is 4. The molecular weight excluding hydrogens is 257 g/mol. The molecule has 1 aromatic heterocycles. The van der Waals surface area contributed by atoms with Crippen LogP contribution in [0.3, 0.4) is 0 Å². The summed E-state index contributed by atoms with van der Waals surface area (Å²) in [5.74, 6) is -0.363. The lowest BCUT2D eigenvalue weighted by atomic mass is 10.2. The van der Waals surface area contributed by atoms with E-state index >= 15 is 0 Å². The Bertz CT molecular complexity index is 510. The number of hydrogen-bond acceptors (Lipinski definition) is 2. The van der Waals surface area contributed by atoms with E-state index in [0.29, 0.717) is 6.54 Å². The van der Waals surface area contributed by atoms with Crippen LogP contribution < -0.4 is 5.32 Å². The molecule has 4 heteroatoms. The predicted molar refractivity (Wildman–Crippen MR) is 71.0 cm³/mol. The number of halogens is 2. The van der Waals surface area contributed by atoms with E-state index in [2.05, 4.69) is 24.4 Å². The van der Waals surface area contributed by atoms with Gasteiger partial charge in [-0.15, -0.1) is 11.3 Å². The van der Waals surface area contributed by atoms with Crippen LogP contribution in [0.2, 0.25) is 5.02 Å². The van der Waals surface area contributed by atoms with Crippen LogP contribution in [0.25, 0.3) is 0 Å². The lowest BCUT2D eigenvalue weighted by molar-refractivity contribution is 0.621. The van der Waals surface area contributed by atoms with Crippen molar-refractivity contribution in [2.75, 3.05) is 0 Å². The van der Waals surface area contributed by atoms with Crippen LogP contribution in [-0.4, -0.2) is 0 Å². The predicted octanol–water partition coefficient (Wildman–Crippen LogP) is 4.14. The molecular formula is C13H13ClFNS. The quantitative estimate of drug-likeness (QED) is 0.880. The third-order valence-electron chi connectivity index (χ3n) is 2.44. The van der Waals surface area contributed by atoms with Crippen LogP contribution in [0.5, 0.6) is 0 Å². The minimum absolute atomic E-state index is 0.211. The van der Waals surface area contributed by atoms with Crippen molar-refractivity contribution in [2.24, 2.45) is 0 Å². The molecule has 0 saturated heterocycles. The van der Waals surface area contributed by atoms with E-state index in [9.17, 15) is 4.39 Å². The Hall–Kier alpha value is -0.900. The van der Waals surface area contributed by atoms with Crippen LogP contribution in [0.4, 0.5) is 4.39 Å². The zero-order valence-electron chi connectivity index (χ0n) is 9.47. The van der Waals surface area contributed by atoms with Gasteiger partial charge in [0, 0.05) is 22.8 Å². The minimum Gasteiger partial charge on any atom is -0.308 e. The minimum atomic E-state index is -0.363. The van der Waals surface area contributed by atoms with E-state index in [1.165, 1.54) is 15.8 Å². The summed E-state index contributed by atoms with van der Waals surface area (Å²) >= 11 is 7.63. The number of aryl methyl sites for hydroxylation is 1. The van der Waals surface area contributed by atoms with Crippen LogP contribution in [-0.2, 0) is 13.1 Å². The van der Waals surface area contributed by atoms with Crippen molar-refractivity contribution in [3.63, 3.8) is 0 Å². The van der Waals surface area contributed by atoms with Gasteiger partial charge >= 0.3 is 0 Å². The zero-order valence-corrected chi connectivity index (χ0v) is 11.0. The third kappa shape index (κ3) is 3.28. The van der Waals surface area contributed by atoms with Gasteiger partial charge in [-0.1, -0.05) is 23.7 Å². The summed E-state index contributed by atoms with van der Waals surface area (Å²) < 4.78 is 13.2. The molecule has 0 saturated carbocycles. The van der Waals surface area contributed by atoms with Crippen LogP contribution >= 0.6 is 22.9 Å². The fourth-order valence-electron chi connectivity index (χ4n) is 1.59. The Balaban J connectivity index is 1.92. The van der Waals surface area contributed by atoms with Crippen LogP contribution in [0.1, 0.15) is 15.3 Å². The Morgan fingerprint density at radius 3 is 2.76 bits per heavy atom. The molecule has 0 radical (unpaired) electrons. The van der Waals surface area contributed by atoms with Crippen molar-refractivity contribution in [2.45, 2.75) is 20.0 Å². The van der Waals surface area contributed by atoms with Gasteiger partial charge < -0.3 is 5.32 Å². The average molecular weight is 270 g/mol. The molecule has 0 amide bonds. The normalized spacial score (nSPS) is 10.8. The van der Waals surface area contributed by atoms with Gasteiger partial charge in [0.25, 0.3) is 0 Å². The Labute approximate surface area is 109 Å². The molecule has 0 aliphatic carbocycles. The van der Waals surface area contributed by atoms with Gasteiger partial charge in [0.2, 0.25) is 0 Å². The summed E-state index contributed by atoms with van der Waals surface area (Å²) in [5, 5.41) is 3.47. The van der Waals surface area contributed by atoms with Gasteiger partial charge in [-0.2, -0.15) is 0 Å². The molecule has 1 N–H and O–H groups in total. The molecule has 1 aromatic carbocycles. The van der Waals surface area contributed by atoms with Crippen molar-refractivity contribution < 1.29 is 4.39 Å². The second-order valence-corrected chi connectivity index (χ2v) is 5.58. The SMILES string of the molecule is Cc1ccc(CNCc2cccc(F)c2Cl)s1. The molecule has 1 heterocycles. The molecule has 0 unspecified atom stereocenters. The summed E-state index contributed by atoms with van der Waals surface area (Å²) in [6, 6.07) is 9.07. The van der Waals surface area contributed by atoms with E-state index in [0.717, 1.165) is 12.1 Å². The fourth-order valence-corrected chi connectivity index (χ4v) is 2.64. The Morgan fingerprint density at radius 2 is 2.06 bits per heavy atom. The maximum atomic E-state index is 13.2. The van der Waals surface area contributed by atoms with E-state index in [4.69, 9.17) is 11.6 Å².